The van der Waals surface area contributed by atoms with Crippen molar-refractivity contribution < 1.29 is 0 Å². The molecule has 1 rings (SSSR count). The molecule has 0 aliphatic heterocycles. The number of rotatable bonds is 3. The summed E-state index contributed by atoms with van der Waals surface area (Å²) in [5, 5.41) is 0. The Bertz CT molecular complexity index is 273. The van der Waals surface area contributed by atoms with Crippen LogP contribution in [-0.2, 0) is 6.54 Å². The standard InChI is InChI=1S/C9H15N3/c1-3-5-6-8-9(10)12(4-2)7-11-8/h5-7H,3-4,10H2,1-2H3/b6-5-. The Morgan fingerprint density at radius 1 is 1.58 bits per heavy atom. The number of imidazole rings is 1. The summed E-state index contributed by atoms with van der Waals surface area (Å²) in [5.74, 6) is 0.752. The number of nitrogens with two attached hydrogens (primary N) is 1. The summed E-state index contributed by atoms with van der Waals surface area (Å²) in [5.41, 5.74) is 6.68. The van der Waals surface area contributed by atoms with Gasteiger partial charge in [0.25, 0.3) is 0 Å². The van der Waals surface area contributed by atoms with E-state index in [0.29, 0.717) is 0 Å². The van der Waals surface area contributed by atoms with Crippen LogP contribution in [0.5, 0.6) is 0 Å². The van der Waals surface area contributed by atoms with Gasteiger partial charge in [0, 0.05) is 6.54 Å². The molecule has 0 amide bonds. The summed E-state index contributed by atoms with van der Waals surface area (Å²) in [4.78, 5) is 4.18. The summed E-state index contributed by atoms with van der Waals surface area (Å²) in [6, 6.07) is 0. The van der Waals surface area contributed by atoms with E-state index < -0.39 is 0 Å². The smallest absolute Gasteiger partial charge is 0.130 e. The highest BCUT2D eigenvalue weighted by Crippen LogP contribution is 2.11. The van der Waals surface area contributed by atoms with E-state index >= 15 is 0 Å². The highest BCUT2D eigenvalue weighted by molar-refractivity contribution is 5.57. The summed E-state index contributed by atoms with van der Waals surface area (Å²) in [7, 11) is 0. The van der Waals surface area contributed by atoms with E-state index in [1.807, 2.05) is 17.6 Å². The highest BCUT2D eigenvalue weighted by Gasteiger charge is 2.00. The zero-order valence-corrected chi connectivity index (χ0v) is 7.62. The fourth-order valence-electron chi connectivity index (χ4n) is 1.02. The average Bonchev–Trinajstić information content (AvgIpc) is 2.43. The van der Waals surface area contributed by atoms with Crippen molar-refractivity contribution in [1.29, 1.82) is 0 Å². The molecule has 0 spiro atoms. The molecule has 12 heavy (non-hydrogen) atoms. The fraction of sp³-hybridized carbons (Fsp3) is 0.444. The van der Waals surface area contributed by atoms with Crippen LogP contribution in [0.25, 0.3) is 6.08 Å². The number of nitrogen functional groups attached to an aromatic ring is 1. The van der Waals surface area contributed by atoms with Crippen LogP contribution in [0.15, 0.2) is 12.4 Å². The number of aryl methyl sites for hydroxylation is 1. The van der Waals surface area contributed by atoms with Gasteiger partial charge in [0.15, 0.2) is 0 Å². The van der Waals surface area contributed by atoms with Crippen molar-refractivity contribution in [2.75, 3.05) is 5.73 Å². The van der Waals surface area contributed by atoms with E-state index in [-0.39, 0.29) is 0 Å². The normalized spacial score (nSPS) is 11.2. The molecular formula is C9H15N3. The number of aromatic nitrogens is 2. The molecule has 0 fully saturated rings. The van der Waals surface area contributed by atoms with Crippen molar-refractivity contribution in [3.05, 3.63) is 18.1 Å². The molecule has 0 atom stereocenters. The van der Waals surface area contributed by atoms with Crippen LogP contribution in [0.4, 0.5) is 5.82 Å². The first-order valence-electron chi connectivity index (χ1n) is 4.26. The SMILES string of the molecule is CC/C=C\c1ncn(CC)c1N. The summed E-state index contributed by atoms with van der Waals surface area (Å²) >= 11 is 0. The Balaban J connectivity index is 2.87. The molecule has 0 unspecified atom stereocenters. The lowest BCUT2D eigenvalue weighted by Crippen LogP contribution is -1.99. The zero-order chi connectivity index (χ0) is 8.97. The molecule has 1 aromatic rings. The largest absolute Gasteiger partial charge is 0.383 e. The van der Waals surface area contributed by atoms with Gasteiger partial charge in [-0.05, 0) is 19.4 Å². The Morgan fingerprint density at radius 3 is 2.83 bits per heavy atom. The lowest BCUT2D eigenvalue weighted by Gasteiger charge is -1.98. The quantitative estimate of drug-likeness (QED) is 0.743. The topological polar surface area (TPSA) is 43.8 Å². The molecule has 0 aliphatic carbocycles. The maximum Gasteiger partial charge on any atom is 0.130 e. The molecular weight excluding hydrogens is 150 g/mol. The molecule has 3 heteroatoms. The van der Waals surface area contributed by atoms with Crippen molar-refractivity contribution in [2.45, 2.75) is 26.8 Å². The van der Waals surface area contributed by atoms with Crippen LogP contribution in [0.3, 0.4) is 0 Å². The molecule has 0 radical (unpaired) electrons. The number of hydrogen-bond acceptors (Lipinski definition) is 2. The van der Waals surface area contributed by atoms with E-state index in [1.165, 1.54) is 0 Å². The lowest BCUT2D eigenvalue weighted by atomic mass is 10.3. The molecule has 2 N–H and O–H groups in total. The van der Waals surface area contributed by atoms with Crippen LogP contribution < -0.4 is 5.73 Å². The van der Waals surface area contributed by atoms with Gasteiger partial charge in [-0.25, -0.2) is 4.98 Å². The molecule has 0 aliphatic rings. The van der Waals surface area contributed by atoms with Gasteiger partial charge in [0.1, 0.15) is 11.5 Å². The van der Waals surface area contributed by atoms with Crippen molar-refractivity contribution in [3.63, 3.8) is 0 Å². The van der Waals surface area contributed by atoms with Gasteiger partial charge in [-0.15, -0.1) is 0 Å². The van der Waals surface area contributed by atoms with Crippen molar-refractivity contribution in [3.8, 4) is 0 Å². The predicted octanol–water partition coefficient (Wildman–Crippen LogP) is 1.91. The first-order valence-corrected chi connectivity index (χ1v) is 4.26. The predicted molar refractivity (Wildman–Crippen MR) is 51.6 cm³/mol. The molecule has 1 heterocycles. The van der Waals surface area contributed by atoms with E-state index in [2.05, 4.69) is 18.0 Å². The van der Waals surface area contributed by atoms with Gasteiger partial charge in [0.05, 0.1) is 6.33 Å². The Kier molecular flexibility index (Phi) is 2.91. The number of hydrogen-bond donors (Lipinski definition) is 1. The number of nitrogens with zero attached hydrogens (tertiary/aromatic N) is 2. The molecule has 0 saturated carbocycles. The Labute approximate surface area is 72.9 Å². The van der Waals surface area contributed by atoms with Crippen LogP contribution in [0, 0.1) is 0 Å². The third-order valence-electron chi connectivity index (χ3n) is 1.76. The summed E-state index contributed by atoms with van der Waals surface area (Å²) in [6.45, 7) is 5.01. The zero-order valence-electron chi connectivity index (χ0n) is 7.62. The van der Waals surface area contributed by atoms with Gasteiger partial charge in [-0.1, -0.05) is 13.0 Å². The number of allylic oxidation sites excluding steroid dienone is 1. The van der Waals surface area contributed by atoms with Crippen molar-refractivity contribution >= 4 is 11.9 Å². The molecule has 1 aromatic heterocycles. The maximum absolute atomic E-state index is 5.80. The minimum atomic E-state index is 0.752. The van der Waals surface area contributed by atoms with E-state index in [1.54, 1.807) is 6.33 Å². The van der Waals surface area contributed by atoms with Gasteiger partial charge in [-0.3, -0.25) is 0 Å². The first-order chi connectivity index (χ1) is 5.79. The fourth-order valence-corrected chi connectivity index (χ4v) is 1.02. The molecule has 3 nitrogen and oxygen atoms in total. The van der Waals surface area contributed by atoms with E-state index in [4.69, 9.17) is 5.73 Å². The number of anilines is 1. The van der Waals surface area contributed by atoms with Gasteiger partial charge >= 0.3 is 0 Å². The molecule has 0 aromatic carbocycles. The third kappa shape index (κ3) is 1.67. The third-order valence-corrected chi connectivity index (χ3v) is 1.76. The average molecular weight is 165 g/mol. The molecule has 0 saturated heterocycles. The van der Waals surface area contributed by atoms with Gasteiger partial charge in [0.2, 0.25) is 0 Å². The van der Waals surface area contributed by atoms with E-state index in [9.17, 15) is 0 Å². The van der Waals surface area contributed by atoms with Gasteiger partial charge < -0.3 is 10.3 Å². The van der Waals surface area contributed by atoms with Gasteiger partial charge in [-0.2, -0.15) is 0 Å². The monoisotopic (exact) mass is 165 g/mol. The maximum atomic E-state index is 5.80. The summed E-state index contributed by atoms with van der Waals surface area (Å²) in [6.07, 6.45) is 6.79. The van der Waals surface area contributed by atoms with Crippen molar-refractivity contribution in [1.82, 2.24) is 9.55 Å². The lowest BCUT2D eigenvalue weighted by molar-refractivity contribution is 0.771. The van der Waals surface area contributed by atoms with Crippen LogP contribution in [-0.4, -0.2) is 9.55 Å². The minimum Gasteiger partial charge on any atom is -0.383 e. The molecule has 66 valence electrons. The van der Waals surface area contributed by atoms with Crippen molar-refractivity contribution in [2.24, 2.45) is 0 Å². The second-order valence-corrected chi connectivity index (χ2v) is 2.61. The second kappa shape index (κ2) is 3.95. The summed E-state index contributed by atoms with van der Waals surface area (Å²) < 4.78 is 1.93. The van der Waals surface area contributed by atoms with E-state index in [0.717, 1.165) is 24.5 Å². The first kappa shape index (κ1) is 8.84. The second-order valence-electron chi connectivity index (χ2n) is 2.61. The van der Waals surface area contributed by atoms with Crippen LogP contribution in [0.1, 0.15) is 26.0 Å². The molecule has 0 bridgehead atoms. The minimum absolute atomic E-state index is 0.752. The Morgan fingerprint density at radius 2 is 2.33 bits per heavy atom. The highest BCUT2D eigenvalue weighted by atomic mass is 15.1. The Hall–Kier alpha value is -1.25. The van der Waals surface area contributed by atoms with Crippen LogP contribution in [0.2, 0.25) is 0 Å². The van der Waals surface area contributed by atoms with Crippen LogP contribution >= 0.6 is 0 Å².